The first-order valence-electron chi connectivity index (χ1n) is 10.7. The molecule has 0 saturated heterocycles. The highest BCUT2D eigenvalue weighted by Gasteiger charge is 2.38. The molecule has 9 heteroatoms. The van der Waals surface area contributed by atoms with Crippen LogP contribution in [0.1, 0.15) is 18.5 Å². The van der Waals surface area contributed by atoms with Crippen molar-refractivity contribution in [3.8, 4) is 11.5 Å². The second kappa shape index (κ2) is 10.2. The van der Waals surface area contributed by atoms with Gasteiger partial charge in [-0.1, -0.05) is 53.0 Å². The summed E-state index contributed by atoms with van der Waals surface area (Å²) in [5.41, 5.74) is 2.10. The highest BCUT2D eigenvalue weighted by molar-refractivity contribution is 6.34. The summed E-state index contributed by atoms with van der Waals surface area (Å²) in [6, 6.07) is 17.8. The van der Waals surface area contributed by atoms with Crippen LogP contribution in [0.5, 0.6) is 11.5 Å². The Labute approximate surface area is 218 Å². The van der Waals surface area contributed by atoms with E-state index in [9.17, 15) is 9.59 Å². The molecule has 1 unspecified atom stereocenters. The van der Waals surface area contributed by atoms with Gasteiger partial charge in [-0.15, -0.1) is 0 Å². The maximum Gasteiger partial charge on any atom is 0.327 e. The van der Waals surface area contributed by atoms with Crippen molar-refractivity contribution >= 4 is 52.4 Å². The Kier molecular flexibility index (Phi) is 7.26. The number of anilines is 1. The zero-order valence-electron chi connectivity index (χ0n) is 19.2. The lowest BCUT2D eigenvalue weighted by Gasteiger charge is -2.37. The fourth-order valence-electron chi connectivity index (χ4n) is 3.92. The van der Waals surface area contributed by atoms with Crippen LogP contribution in [0.3, 0.4) is 0 Å². The van der Waals surface area contributed by atoms with Gasteiger partial charge in [-0.3, -0.25) is 9.69 Å². The number of ether oxygens (including phenoxy) is 1. The number of amides is 3. The van der Waals surface area contributed by atoms with Crippen molar-refractivity contribution in [2.75, 3.05) is 19.0 Å². The summed E-state index contributed by atoms with van der Waals surface area (Å²) in [7, 11) is 3.33. The highest BCUT2D eigenvalue weighted by Crippen LogP contribution is 2.39. The number of hydrogen-bond donors (Lipinski definition) is 1. The average Bonchev–Trinajstić information content (AvgIpc) is 2.79. The van der Waals surface area contributed by atoms with Crippen LogP contribution < -0.4 is 15.0 Å². The van der Waals surface area contributed by atoms with E-state index >= 15 is 0 Å². The summed E-state index contributed by atoms with van der Waals surface area (Å²) in [5, 5.41) is 4.37. The van der Waals surface area contributed by atoms with Crippen molar-refractivity contribution in [2.45, 2.75) is 13.0 Å². The molecular weight excluding hydrogens is 509 g/mol. The first-order valence-corrected chi connectivity index (χ1v) is 11.8. The summed E-state index contributed by atoms with van der Waals surface area (Å²) in [6.07, 6.45) is 0. The molecule has 1 heterocycles. The molecule has 0 bridgehead atoms. The van der Waals surface area contributed by atoms with Gasteiger partial charge in [0.15, 0.2) is 0 Å². The number of rotatable bonds is 5. The molecule has 3 amide bonds. The predicted octanol–water partition coefficient (Wildman–Crippen LogP) is 7.07. The smallest absolute Gasteiger partial charge is 0.327 e. The number of likely N-dealkylation sites (N-methyl/N-ethyl adjacent to an activating group) is 1. The van der Waals surface area contributed by atoms with E-state index in [0.717, 1.165) is 0 Å². The third-order valence-corrected chi connectivity index (χ3v) is 6.19. The minimum Gasteiger partial charge on any atom is -0.457 e. The summed E-state index contributed by atoms with van der Waals surface area (Å²) in [6.45, 7) is 1.75. The number of halogens is 3. The van der Waals surface area contributed by atoms with Crippen LogP contribution in [-0.2, 0) is 4.79 Å². The number of nitrogens with zero attached hydrogens (tertiary/aromatic N) is 2. The molecule has 6 nitrogen and oxygen atoms in total. The van der Waals surface area contributed by atoms with E-state index in [-0.39, 0.29) is 11.9 Å². The number of nitrogens with one attached hydrogen (secondary N) is 1. The van der Waals surface area contributed by atoms with Crippen LogP contribution in [0.4, 0.5) is 10.5 Å². The van der Waals surface area contributed by atoms with E-state index in [1.165, 1.54) is 9.80 Å². The first-order chi connectivity index (χ1) is 16.7. The predicted molar refractivity (Wildman–Crippen MR) is 140 cm³/mol. The van der Waals surface area contributed by atoms with Crippen LogP contribution in [0, 0.1) is 0 Å². The maximum atomic E-state index is 13.4. The SMILES string of the molecule is CC1=C(C(=O)N(C)C)C(c2ccccc2Oc2cc(Cl)cc(Cl)c2)NC(=O)N1c1ccc(Cl)cc1. The van der Waals surface area contributed by atoms with Crippen LogP contribution in [-0.4, -0.2) is 30.9 Å². The molecule has 0 aromatic heterocycles. The van der Waals surface area contributed by atoms with E-state index in [0.29, 0.717) is 49.1 Å². The minimum absolute atomic E-state index is 0.243. The van der Waals surface area contributed by atoms with E-state index in [1.807, 2.05) is 6.07 Å². The molecule has 3 aromatic rings. The van der Waals surface area contributed by atoms with Crippen molar-refractivity contribution in [3.63, 3.8) is 0 Å². The lowest BCUT2D eigenvalue weighted by atomic mass is 9.93. The lowest BCUT2D eigenvalue weighted by molar-refractivity contribution is -0.125. The number of allylic oxidation sites excluding steroid dienone is 1. The molecule has 0 fully saturated rings. The first kappa shape index (κ1) is 24.9. The molecular formula is C26H22Cl3N3O3. The molecule has 0 spiro atoms. The Morgan fingerprint density at radius 3 is 2.20 bits per heavy atom. The van der Waals surface area contributed by atoms with Gasteiger partial charge in [-0.2, -0.15) is 0 Å². The molecule has 0 radical (unpaired) electrons. The molecule has 3 aromatic carbocycles. The molecule has 180 valence electrons. The summed E-state index contributed by atoms with van der Waals surface area (Å²) >= 11 is 18.3. The van der Waals surface area contributed by atoms with Gasteiger partial charge in [0.1, 0.15) is 11.5 Å². The standard InChI is InChI=1S/C26H22Cl3N3O3/c1-15-23(25(33)31(2)3)24(30-26(34)32(15)19-10-8-16(27)9-11-19)21-6-4-5-7-22(21)35-20-13-17(28)12-18(29)14-20/h4-14,24H,1-3H3,(H,30,34). The van der Waals surface area contributed by atoms with Gasteiger partial charge in [-0.25, -0.2) is 4.79 Å². The van der Waals surface area contributed by atoms with E-state index in [1.54, 1.807) is 81.7 Å². The van der Waals surface area contributed by atoms with Gasteiger partial charge in [0.25, 0.3) is 5.91 Å². The van der Waals surface area contributed by atoms with Crippen LogP contribution in [0.15, 0.2) is 78.0 Å². The Bertz CT molecular complexity index is 1300. The summed E-state index contributed by atoms with van der Waals surface area (Å²) in [5.74, 6) is 0.640. The van der Waals surface area contributed by atoms with Gasteiger partial charge in [-0.05, 0) is 55.5 Å². The van der Waals surface area contributed by atoms with E-state index in [4.69, 9.17) is 39.5 Å². The van der Waals surface area contributed by atoms with Gasteiger partial charge in [0.2, 0.25) is 0 Å². The van der Waals surface area contributed by atoms with E-state index < -0.39 is 6.04 Å². The molecule has 1 N–H and O–H groups in total. The second-order valence-electron chi connectivity index (χ2n) is 8.14. The summed E-state index contributed by atoms with van der Waals surface area (Å²) < 4.78 is 6.11. The monoisotopic (exact) mass is 529 g/mol. The Morgan fingerprint density at radius 2 is 1.57 bits per heavy atom. The fraction of sp³-hybridized carbons (Fsp3) is 0.154. The van der Waals surface area contributed by atoms with Crippen molar-refractivity contribution in [3.05, 3.63) is 98.6 Å². The second-order valence-corrected chi connectivity index (χ2v) is 9.45. The van der Waals surface area contributed by atoms with Gasteiger partial charge in [0.05, 0.1) is 17.3 Å². The Morgan fingerprint density at radius 1 is 0.943 bits per heavy atom. The van der Waals surface area contributed by atoms with Crippen LogP contribution in [0.2, 0.25) is 15.1 Å². The van der Waals surface area contributed by atoms with Crippen molar-refractivity contribution < 1.29 is 14.3 Å². The molecule has 1 aliphatic rings. The van der Waals surface area contributed by atoms with E-state index in [2.05, 4.69) is 5.32 Å². The minimum atomic E-state index is -0.758. The topological polar surface area (TPSA) is 61.9 Å². The third kappa shape index (κ3) is 5.25. The van der Waals surface area contributed by atoms with Crippen LogP contribution in [0.25, 0.3) is 0 Å². The average molecular weight is 531 g/mol. The molecule has 0 aliphatic carbocycles. The number of benzene rings is 3. The Balaban J connectivity index is 1.83. The number of para-hydroxylation sites is 1. The van der Waals surface area contributed by atoms with Crippen molar-refractivity contribution in [2.24, 2.45) is 0 Å². The molecule has 1 atom stereocenters. The van der Waals surface area contributed by atoms with Crippen molar-refractivity contribution in [1.82, 2.24) is 10.2 Å². The normalized spacial score (nSPS) is 15.7. The molecule has 1 aliphatic heterocycles. The highest BCUT2D eigenvalue weighted by atomic mass is 35.5. The number of carbonyl (C=O) groups excluding carboxylic acids is 2. The number of carbonyl (C=O) groups is 2. The summed E-state index contributed by atoms with van der Waals surface area (Å²) in [4.78, 5) is 29.6. The largest absolute Gasteiger partial charge is 0.457 e. The Hall–Kier alpha value is -3.19. The number of urea groups is 1. The van der Waals surface area contributed by atoms with Crippen LogP contribution >= 0.6 is 34.8 Å². The van der Waals surface area contributed by atoms with Gasteiger partial charge in [0, 0.05) is 40.4 Å². The van der Waals surface area contributed by atoms with Gasteiger partial charge < -0.3 is 15.0 Å². The van der Waals surface area contributed by atoms with Crippen molar-refractivity contribution in [1.29, 1.82) is 0 Å². The zero-order chi connectivity index (χ0) is 25.3. The fourth-order valence-corrected chi connectivity index (χ4v) is 4.55. The quantitative estimate of drug-likeness (QED) is 0.384. The molecule has 4 rings (SSSR count). The zero-order valence-corrected chi connectivity index (χ0v) is 21.4. The molecule has 35 heavy (non-hydrogen) atoms. The molecule has 0 saturated carbocycles. The van der Waals surface area contributed by atoms with Gasteiger partial charge >= 0.3 is 6.03 Å². The third-order valence-electron chi connectivity index (χ3n) is 5.50. The lowest BCUT2D eigenvalue weighted by Crippen LogP contribution is -2.49. The number of hydrogen-bond acceptors (Lipinski definition) is 3. The maximum absolute atomic E-state index is 13.4.